The van der Waals surface area contributed by atoms with E-state index in [1.165, 1.54) is 19.1 Å². The van der Waals surface area contributed by atoms with Crippen molar-refractivity contribution in [1.29, 1.82) is 0 Å². The van der Waals surface area contributed by atoms with Gasteiger partial charge in [-0.2, -0.15) is 0 Å². The predicted octanol–water partition coefficient (Wildman–Crippen LogP) is 3.85. The van der Waals surface area contributed by atoms with Crippen molar-refractivity contribution >= 4 is 5.97 Å². The van der Waals surface area contributed by atoms with E-state index in [0.29, 0.717) is 17.8 Å². The van der Waals surface area contributed by atoms with Crippen LogP contribution in [-0.4, -0.2) is 24.0 Å². The molecule has 0 aromatic carbocycles. The molecule has 23 heavy (non-hydrogen) atoms. The van der Waals surface area contributed by atoms with E-state index in [1.807, 2.05) is 0 Å². The van der Waals surface area contributed by atoms with E-state index in [0.717, 1.165) is 19.3 Å². The largest absolute Gasteiger partial charge is 0.469 e. The highest BCUT2D eigenvalue weighted by Crippen LogP contribution is 2.49. The molecular weight excluding hydrogens is 294 g/mol. The van der Waals surface area contributed by atoms with Gasteiger partial charge in [-0.05, 0) is 49.9 Å². The van der Waals surface area contributed by atoms with E-state index in [2.05, 4.69) is 19.9 Å². The number of ether oxygens (including phenoxy) is 1. The van der Waals surface area contributed by atoms with Gasteiger partial charge in [0.1, 0.15) is 0 Å². The summed E-state index contributed by atoms with van der Waals surface area (Å²) in [6, 6.07) is -0.717. The Bertz CT molecular complexity index is 487. The van der Waals surface area contributed by atoms with Gasteiger partial charge in [0.2, 0.25) is 6.04 Å². The van der Waals surface area contributed by atoms with Gasteiger partial charge in [0, 0.05) is 18.3 Å². The molecule has 0 radical (unpaired) electrons. The topological polar surface area (TPSA) is 69.4 Å². The van der Waals surface area contributed by atoms with Crippen LogP contribution in [-0.2, 0) is 9.53 Å². The zero-order valence-corrected chi connectivity index (χ0v) is 14.7. The molecule has 0 aliphatic heterocycles. The molecule has 0 saturated heterocycles. The quantitative estimate of drug-likeness (QED) is 0.333. The minimum absolute atomic E-state index is 0.168. The standard InChI is InChI=1S/C18H29NO4/c1-11-5-7-14-12(2)6-8-15(16(14)9-11)17(18(20)23-4)10-13(3)19(21)22/h9,12-17H,5-8,10H2,1-4H3/t12-,13?,14+,15-,16+,17?/m1/s1. The van der Waals surface area contributed by atoms with Crippen LogP contribution >= 0.6 is 0 Å². The Morgan fingerprint density at radius 3 is 2.74 bits per heavy atom. The predicted molar refractivity (Wildman–Crippen MR) is 88.4 cm³/mol. The van der Waals surface area contributed by atoms with Crippen molar-refractivity contribution in [2.75, 3.05) is 7.11 Å². The van der Waals surface area contributed by atoms with E-state index in [4.69, 9.17) is 4.74 Å². The van der Waals surface area contributed by atoms with E-state index >= 15 is 0 Å². The SMILES string of the molecule is COC(=O)C(CC(C)[N+](=O)[O-])[C@@H]1CC[C@@H](C)[C@@H]2CCC(C)=C[C@@H]21. The monoisotopic (exact) mass is 323 g/mol. The molecular formula is C18H29NO4. The number of methoxy groups -OCH3 is 1. The lowest BCUT2D eigenvalue weighted by atomic mass is 9.59. The lowest BCUT2D eigenvalue weighted by molar-refractivity contribution is -0.520. The minimum Gasteiger partial charge on any atom is -0.469 e. The van der Waals surface area contributed by atoms with Gasteiger partial charge in [-0.25, -0.2) is 0 Å². The molecule has 0 heterocycles. The van der Waals surface area contributed by atoms with Crippen LogP contribution in [0.3, 0.4) is 0 Å². The first-order chi connectivity index (χ1) is 10.8. The summed E-state index contributed by atoms with van der Waals surface area (Å²) in [5, 5.41) is 11.1. The van der Waals surface area contributed by atoms with Gasteiger partial charge in [-0.1, -0.05) is 25.0 Å². The first-order valence-corrected chi connectivity index (χ1v) is 8.73. The zero-order chi connectivity index (χ0) is 17.1. The Labute approximate surface area is 138 Å². The number of hydrogen-bond acceptors (Lipinski definition) is 4. The second-order valence-electron chi connectivity index (χ2n) is 7.51. The average molecular weight is 323 g/mol. The molecule has 0 N–H and O–H groups in total. The third-order valence-corrected chi connectivity index (χ3v) is 6.00. The highest BCUT2D eigenvalue weighted by atomic mass is 16.6. The number of esters is 1. The van der Waals surface area contributed by atoms with Gasteiger partial charge in [0.25, 0.3) is 0 Å². The molecule has 5 nitrogen and oxygen atoms in total. The first kappa shape index (κ1) is 18.0. The van der Waals surface area contributed by atoms with Crippen LogP contribution in [0.25, 0.3) is 0 Å². The molecule has 1 saturated carbocycles. The minimum atomic E-state index is -0.717. The van der Waals surface area contributed by atoms with Crippen LogP contribution in [0.5, 0.6) is 0 Å². The zero-order valence-electron chi connectivity index (χ0n) is 14.7. The molecule has 2 unspecified atom stereocenters. The maximum atomic E-state index is 12.3. The van der Waals surface area contributed by atoms with Gasteiger partial charge in [0.15, 0.2) is 0 Å². The lowest BCUT2D eigenvalue weighted by Gasteiger charge is -2.45. The molecule has 0 amide bonds. The molecule has 130 valence electrons. The van der Waals surface area contributed by atoms with Crippen molar-refractivity contribution in [3.63, 3.8) is 0 Å². The molecule has 2 aliphatic carbocycles. The van der Waals surface area contributed by atoms with Crippen molar-refractivity contribution in [3.8, 4) is 0 Å². The van der Waals surface area contributed by atoms with Crippen LogP contribution in [0, 0.1) is 39.7 Å². The number of carbonyl (C=O) groups is 1. The summed E-state index contributed by atoms with van der Waals surface area (Å²) < 4.78 is 5.00. The number of carbonyl (C=O) groups excluding carboxylic acids is 1. The van der Waals surface area contributed by atoms with Crippen LogP contribution in [0.4, 0.5) is 0 Å². The highest BCUT2D eigenvalue weighted by molar-refractivity contribution is 5.72. The summed E-state index contributed by atoms with van der Waals surface area (Å²) in [5.74, 6) is 1.12. The number of fused-ring (bicyclic) bond motifs is 1. The van der Waals surface area contributed by atoms with Crippen LogP contribution in [0.1, 0.15) is 52.9 Å². The molecule has 2 aliphatic rings. The van der Waals surface area contributed by atoms with Gasteiger partial charge in [-0.15, -0.1) is 0 Å². The second kappa shape index (κ2) is 7.45. The van der Waals surface area contributed by atoms with Gasteiger partial charge < -0.3 is 4.74 Å². The van der Waals surface area contributed by atoms with Crippen molar-refractivity contribution in [2.45, 2.75) is 58.9 Å². The van der Waals surface area contributed by atoms with Crippen LogP contribution in [0.15, 0.2) is 11.6 Å². The maximum absolute atomic E-state index is 12.3. The van der Waals surface area contributed by atoms with Gasteiger partial charge in [-0.3, -0.25) is 14.9 Å². The highest BCUT2D eigenvalue weighted by Gasteiger charge is 2.44. The van der Waals surface area contributed by atoms with Crippen molar-refractivity contribution in [3.05, 3.63) is 21.8 Å². The number of rotatable bonds is 5. The molecule has 0 aromatic heterocycles. The molecule has 0 spiro atoms. The molecule has 0 bridgehead atoms. The molecule has 6 atom stereocenters. The fraction of sp³-hybridized carbons (Fsp3) is 0.833. The second-order valence-corrected chi connectivity index (χ2v) is 7.51. The molecule has 5 heteroatoms. The van der Waals surface area contributed by atoms with E-state index in [1.54, 1.807) is 6.92 Å². The fourth-order valence-electron chi connectivity index (χ4n) is 4.61. The summed E-state index contributed by atoms with van der Waals surface area (Å²) in [7, 11) is 1.39. The third kappa shape index (κ3) is 3.93. The summed E-state index contributed by atoms with van der Waals surface area (Å²) in [6.07, 6.45) is 6.96. The maximum Gasteiger partial charge on any atom is 0.309 e. The number of nitrogens with zero attached hydrogens (tertiary/aromatic N) is 1. The summed E-state index contributed by atoms with van der Waals surface area (Å²) in [6.45, 7) is 6.04. The molecule has 0 aromatic rings. The Hall–Kier alpha value is -1.39. The van der Waals surface area contributed by atoms with Crippen molar-refractivity contribution in [2.24, 2.45) is 29.6 Å². The van der Waals surface area contributed by atoms with Gasteiger partial charge >= 0.3 is 5.97 Å². The van der Waals surface area contributed by atoms with Crippen molar-refractivity contribution < 1.29 is 14.5 Å². The lowest BCUT2D eigenvalue weighted by Crippen LogP contribution is -2.42. The summed E-state index contributed by atoms with van der Waals surface area (Å²) in [5.41, 5.74) is 1.39. The van der Waals surface area contributed by atoms with E-state index in [-0.39, 0.29) is 29.1 Å². The number of hydrogen-bond donors (Lipinski definition) is 0. The van der Waals surface area contributed by atoms with Crippen LogP contribution < -0.4 is 0 Å². The Kier molecular flexibility index (Phi) is 5.82. The Morgan fingerprint density at radius 1 is 1.43 bits per heavy atom. The average Bonchev–Trinajstić information content (AvgIpc) is 2.52. The molecule has 2 rings (SSSR count). The molecule has 1 fully saturated rings. The third-order valence-electron chi connectivity index (χ3n) is 6.00. The van der Waals surface area contributed by atoms with Crippen molar-refractivity contribution in [1.82, 2.24) is 0 Å². The summed E-state index contributed by atoms with van der Waals surface area (Å²) in [4.78, 5) is 23.1. The number of nitro groups is 1. The first-order valence-electron chi connectivity index (χ1n) is 8.73. The van der Waals surface area contributed by atoms with E-state index < -0.39 is 6.04 Å². The fourth-order valence-corrected chi connectivity index (χ4v) is 4.61. The Balaban J connectivity index is 2.27. The smallest absolute Gasteiger partial charge is 0.309 e. The normalized spacial score (nSPS) is 33.1. The Morgan fingerprint density at radius 2 is 2.13 bits per heavy atom. The number of allylic oxidation sites excluding steroid dienone is 2. The van der Waals surface area contributed by atoms with Gasteiger partial charge in [0.05, 0.1) is 13.0 Å². The summed E-state index contributed by atoms with van der Waals surface area (Å²) >= 11 is 0. The van der Waals surface area contributed by atoms with E-state index in [9.17, 15) is 14.9 Å². The van der Waals surface area contributed by atoms with Crippen LogP contribution in [0.2, 0.25) is 0 Å².